The van der Waals surface area contributed by atoms with Crippen LogP contribution in [0.5, 0.6) is 0 Å². The summed E-state index contributed by atoms with van der Waals surface area (Å²) in [6, 6.07) is 4.96. The van der Waals surface area contributed by atoms with Crippen LogP contribution in [0.2, 0.25) is 0 Å². The lowest BCUT2D eigenvalue weighted by Crippen LogP contribution is -2.56. The molecule has 1 spiro atoms. The maximum atomic E-state index is 14.3. The number of aryl methyl sites for hydroxylation is 2. The highest BCUT2D eigenvalue weighted by Gasteiger charge is 2.74. The Morgan fingerprint density at radius 3 is 2.49 bits per heavy atom. The molecule has 1 aromatic rings. The molecule has 186 valence electrons. The monoisotopic (exact) mass is 480 g/mol. The molecule has 5 rings (SSSR count). The summed E-state index contributed by atoms with van der Waals surface area (Å²) in [4.78, 5) is 44.7. The summed E-state index contributed by atoms with van der Waals surface area (Å²) < 4.78 is 12.1. The summed E-state index contributed by atoms with van der Waals surface area (Å²) in [6.45, 7) is 6.47. The van der Waals surface area contributed by atoms with Crippen molar-refractivity contribution >= 4 is 23.5 Å². The predicted octanol–water partition coefficient (Wildman–Crippen LogP) is 2.06. The molecule has 4 aliphatic heterocycles. The Hall–Kier alpha value is -2.97. The lowest BCUT2D eigenvalue weighted by molar-refractivity contribution is -0.156. The van der Waals surface area contributed by atoms with Crippen molar-refractivity contribution in [2.45, 2.75) is 50.9 Å². The molecule has 5 atom stereocenters. The average Bonchev–Trinajstić information content (AvgIpc) is 3.06. The molecule has 0 aliphatic carbocycles. The van der Waals surface area contributed by atoms with E-state index in [1.165, 1.54) is 0 Å². The molecule has 35 heavy (non-hydrogen) atoms. The molecule has 1 N–H and O–H groups in total. The fraction of sp³-hybridized carbons (Fsp3) is 0.519. The summed E-state index contributed by atoms with van der Waals surface area (Å²) in [7, 11) is 0. The Bertz CT molecular complexity index is 1110. The van der Waals surface area contributed by atoms with E-state index in [0.29, 0.717) is 25.9 Å². The number of anilines is 1. The van der Waals surface area contributed by atoms with Crippen LogP contribution >= 0.6 is 0 Å². The van der Waals surface area contributed by atoms with Crippen molar-refractivity contribution < 1.29 is 29.0 Å². The first kappa shape index (κ1) is 23.8. The first-order valence-corrected chi connectivity index (χ1v) is 12.3. The second-order valence-corrected chi connectivity index (χ2v) is 10.1. The quantitative estimate of drug-likeness (QED) is 0.394. The molecule has 0 radical (unpaired) electrons. The number of benzene rings is 1. The molecular weight excluding hydrogens is 448 g/mol. The van der Waals surface area contributed by atoms with E-state index in [1.807, 2.05) is 44.2 Å². The normalized spacial score (nSPS) is 33.8. The van der Waals surface area contributed by atoms with Gasteiger partial charge in [-0.25, -0.2) is 0 Å². The Balaban J connectivity index is 1.65. The zero-order valence-electron chi connectivity index (χ0n) is 20.4. The molecule has 2 amide bonds. The molecule has 4 aliphatic rings. The minimum Gasteiger partial charge on any atom is -0.461 e. The van der Waals surface area contributed by atoms with Gasteiger partial charge in [-0.2, -0.15) is 0 Å². The highest BCUT2D eigenvalue weighted by Crippen LogP contribution is 2.57. The van der Waals surface area contributed by atoms with Crippen molar-refractivity contribution in [1.82, 2.24) is 4.90 Å². The van der Waals surface area contributed by atoms with Gasteiger partial charge in [-0.1, -0.05) is 36.4 Å². The Kier molecular flexibility index (Phi) is 5.84. The third-order valence-electron chi connectivity index (χ3n) is 7.83. The van der Waals surface area contributed by atoms with Crippen LogP contribution in [-0.4, -0.2) is 71.3 Å². The van der Waals surface area contributed by atoms with Gasteiger partial charge in [0.15, 0.2) is 0 Å². The predicted molar refractivity (Wildman–Crippen MR) is 129 cm³/mol. The van der Waals surface area contributed by atoms with Gasteiger partial charge in [-0.3, -0.25) is 14.4 Å². The lowest BCUT2D eigenvalue weighted by Gasteiger charge is -2.37. The van der Waals surface area contributed by atoms with E-state index in [1.54, 1.807) is 28.9 Å². The molecule has 0 saturated carbocycles. The van der Waals surface area contributed by atoms with Crippen molar-refractivity contribution in [3.63, 3.8) is 0 Å². The van der Waals surface area contributed by atoms with Crippen LogP contribution in [0.3, 0.4) is 0 Å². The second kappa shape index (κ2) is 8.60. The number of unbranched alkanes of at least 4 members (excludes halogenated alkanes) is 1. The third-order valence-corrected chi connectivity index (χ3v) is 7.83. The van der Waals surface area contributed by atoms with E-state index >= 15 is 0 Å². The number of fused-ring (bicyclic) bond motifs is 2. The maximum absolute atomic E-state index is 14.3. The molecule has 1 aromatic carbocycles. The molecule has 8 nitrogen and oxygen atoms in total. The van der Waals surface area contributed by atoms with Crippen LogP contribution in [0.1, 0.15) is 30.9 Å². The topological polar surface area (TPSA) is 96.4 Å². The Labute approximate surface area is 205 Å². The van der Waals surface area contributed by atoms with Crippen molar-refractivity contribution in [2.24, 2.45) is 11.8 Å². The lowest BCUT2D eigenvalue weighted by atomic mass is 9.75. The molecule has 2 saturated heterocycles. The molecule has 1 unspecified atom stereocenters. The van der Waals surface area contributed by atoms with Crippen LogP contribution in [0, 0.1) is 25.7 Å². The number of ether oxygens (including phenoxy) is 2. The van der Waals surface area contributed by atoms with Gasteiger partial charge in [-0.15, -0.1) is 0 Å². The number of hydrogen-bond donors (Lipinski definition) is 1. The van der Waals surface area contributed by atoms with Crippen LogP contribution < -0.4 is 4.90 Å². The van der Waals surface area contributed by atoms with E-state index in [9.17, 15) is 19.5 Å². The van der Waals surface area contributed by atoms with E-state index in [0.717, 1.165) is 16.8 Å². The molecule has 8 heteroatoms. The number of carbonyl (C=O) groups excluding carboxylic acids is 3. The number of esters is 1. The van der Waals surface area contributed by atoms with Crippen molar-refractivity contribution in [1.29, 1.82) is 0 Å². The average molecular weight is 481 g/mol. The van der Waals surface area contributed by atoms with Gasteiger partial charge in [0.2, 0.25) is 5.91 Å². The smallest absolute Gasteiger partial charge is 0.313 e. The van der Waals surface area contributed by atoms with Crippen LogP contribution in [0.15, 0.2) is 42.5 Å². The van der Waals surface area contributed by atoms with Gasteiger partial charge >= 0.3 is 5.97 Å². The van der Waals surface area contributed by atoms with E-state index in [2.05, 4.69) is 0 Å². The zero-order valence-corrected chi connectivity index (χ0v) is 20.4. The summed E-state index contributed by atoms with van der Waals surface area (Å²) in [5.74, 6) is -2.73. The number of aliphatic hydroxyl groups is 1. The third kappa shape index (κ3) is 3.45. The second-order valence-electron chi connectivity index (χ2n) is 10.1. The van der Waals surface area contributed by atoms with Crippen LogP contribution in [0.25, 0.3) is 0 Å². The fourth-order valence-electron chi connectivity index (χ4n) is 6.42. The van der Waals surface area contributed by atoms with Gasteiger partial charge in [0, 0.05) is 25.4 Å². The molecule has 0 bridgehead atoms. The maximum Gasteiger partial charge on any atom is 0.313 e. The van der Waals surface area contributed by atoms with E-state index < -0.39 is 35.0 Å². The largest absolute Gasteiger partial charge is 0.461 e. The number of hydrogen-bond acceptors (Lipinski definition) is 6. The van der Waals surface area contributed by atoms with Crippen molar-refractivity contribution in [3.8, 4) is 0 Å². The number of carbonyl (C=O) groups is 3. The number of rotatable bonds is 5. The SMILES string of the molecule is Cc1cccc(C)c1N1CC=C[C@]23O[C@@]4(C)C=CCOC(=O)[C@H]4[C@H]2C(=O)N(CCCCO)C3C1=O. The highest BCUT2D eigenvalue weighted by molar-refractivity contribution is 6.06. The standard InChI is InChI=1S/C27H32N2O6/c1-17-9-6-10-18(2)21(17)28-14-7-12-27-19(20-25(33)34-16-8-11-26(20,3)35-27)23(31)29(13-4-5-15-30)22(27)24(28)32/h6-12,19-20,22,30H,4-5,13-16H2,1-3H3/t19-,20+,22?,26-,27-/m0/s1. The number of likely N-dealkylation sites (tertiary alicyclic amines) is 1. The molecule has 0 aromatic heterocycles. The number of nitrogens with zero attached hydrogens (tertiary/aromatic N) is 2. The zero-order chi connectivity index (χ0) is 25.0. The summed E-state index contributed by atoms with van der Waals surface area (Å²) in [6.07, 6.45) is 8.28. The Morgan fingerprint density at radius 1 is 1.03 bits per heavy atom. The van der Waals surface area contributed by atoms with E-state index in [-0.39, 0.29) is 25.0 Å². The van der Waals surface area contributed by atoms with Crippen LogP contribution in [-0.2, 0) is 23.9 Å². The van der Waals surface area contributed by atoms with Gasteiger partial charge < -0.3 is 24.4 Å². The first-order chi connectivity index (χ1) is 16.7. The van der Waals surface area contributed by atoms with Crippen molar-refractivity contribution in [3.05, 3.63) is 53.6 Å². The molecule has 4 heterocycles. The van der Waals surface area contributed by atoms with E-state index in [4.69, 9.17) is 9.47 Å². The van der Waals surface area contributed by atoms with Gasteiger partial charge in [-0.05, 0) is 50.8 Å². The number of para-hydroxylation sites is 1. The number of aliphatic hydroxyl groups excluding tert-OH is 1. The summed E-state index contributed by atoms with van der Waals surface area (Å²) in [5.41, 5.74) is 0.390. The van der Waals surface area contributed by atoms with Gasteiger partial charge in [0.05, 0.1) is 11.5 Å². The summed E-state index contributed by atoms with van der Waals surface area (Å²) in [5, 5.41) is 9.32. The fourth-order valence-corrected chi connectivity index (χ4v) is 6.42. The molecular formula is C27H32N2O6. The van der Waals surface area contributed by atoms with Gasteiger partial charge in [0.1, 0.15) is 24.2 Å². The summed E-state index contributed by atoms with van der Waals surface area (Å²) >= 11 is 0. The highest BCUT2D eigenvalue weighted by atomic mass is 16.6. The first-order valence-electron chi connectivity index (χ1n) is 12.3. The minimum atomic E-state index is -1.29. The minimum absolute atomic E-state index is 0.00202. The Morgan fingerprint density at radius 2 is 1.77 bits per heavy atom. The number of amides is 2. The number of cyclic esters (lactones) is 1. The van der Waals surface area contributed by atoms with Crippen LogP contribution in [0.4, 0.5) is 5.69 Å². The van der Waals surface area contributed by atoms with Gasteiger partial charge in [0.25, 0.3) is 5.91 Å². The molecule has 2 fully saturated rings. The van der Waals surface area contributed by atoms with Crippen molar-refractivity contribution in [2.75, 3.05) is 31.2 Å².